The van der Waals surface area contributed by atoms with Gasteiger partial charge in [-0.3, -0.25) is 4.79 Å². The Morgan fingerprint density at radius 1 is 1.00 bits per heavy atom. The average Bonchev–Trinajstić information content (AvgIpc) is 3.78. The molecule has 1 saturated heterocycles. The van der Waals surface area contributed by atoms with Crippen molar-refractivity contribution in [2.24, 2.45) is 5.92 Å². The third kappa shape index (κ3) is 8.34. The molecule has 1 aromatic heterocycles. The molecule has 0 unspecified atom stereocenters. The molecule has 9 nitrogen and oxygen atoms in total. The van der Waals surface area contributed by atoms with Crippen LogP contribution in [0.3, 0.4) is 0 Å². The number of esters is 1. The zero-order valence-corrected chi connectivity index (χ0v) is 30.7. The predicted molar refractivity (Wildman–Crippen MR) is 185 cm³/mol. The van der Waals surface area contributed by atoms with E-state index < -0.39 is 54.8 Å². The van der Waals surface area contributed by atoms with Crippen LogP contribution in [0, 0.1) is 17.6 Å². The second kappa shape index (κ2) is 13.9. The quantitative estimate of drug-likeness (QED) is 0.156. The zero-order valence-electron chi connectivity index (χ0n) is 29.7. The molecule has 3 aromatic rings. The van der Waals surface area contributed by atoms with Crippen molar-refractivity contribution in [1.82, 2.24) is 9.47 Å². The van der Waals surface area contributed by atoms with E-state index in [4.69, 9.17) is 18.6 Å². The summed E-state index contributed by atoms with van der Waals surface area (Å²) in [5, 5.41) is -0.184. The summed E-state index contributed by atoms with van der Waals surface area (Å²) >= 11 is 0. The maximum Gasteiger partial charge on any atom is 0.410 e. The molecule has 12 heteroatoms. The number of hydrogen-bond acceptors (Lipinski definition) is 7. The minimum Gasteiger partial charge on any atom is -0.486 e. The van der Waals surface area contributed by atoms with E-state index in [-0.39, 0.29) is 46.7 Å². The number of aromatic nitrogens is 1. The van der Waals surface area contributed by atoms with E-state index in [1.807, 2.05) is 6.07 Å². The second-order valence-electron chi connectivity index (χ2n) is 15.7. The van der Waals surface area contributed by atoms with E-state index >= 15 is 8.78 Å². The highest BCUT2D eigenvalue weighted by Gasteiger charge is 2.42. The van der Waals surface area contributed by atoms with Gasteiger partial charge in [0.25, 0.3) is 0 Å². The van der Waals surface area contributed by atoms with Crippen LogP contribution in [0.2, 0.25) is 18.1 Å². The first-order valence-corrected chi connectivity index (χ1v) is 19.8. The van der Waals surface area contributed by atoms with Gasteiger partial charge in [-0.1, -0.05) is 51.1 Å². The Labute approximate surface area is 287 Å². The molecule has 0 spiro atoms. The first-order valence-electron chi connectivity index (χ1n) is 16.9. The minimum absolute atomic E-state index is 0.00474. The first-order chi connectivity index (χ1) is 22.9. The first kappa shape index (κ1) is 36.5. The fourth-order valence-electron chi connectivity index (χ4n) is 5.71. The molecular weight excluding hydrogens is 650 g/mol. The Morgan fingerprint density at radius 3 is 2.29 bits per heavy atom. The second-order valence-corrected chi connectivity index (χ2v) is 20.5. The van der Waals surface area contributed by atoms with Gasteiger partial charge >= 0.3 is 12.1 Å². The Balaban J connectivity index is 1.44. The van der Waals surface area contributed by atoms with Crippen LogP contribution in [0.15, 0.2) is 47.4 Å². The maximum absolute atomic E-state index is 15.7. The smallest absolute Gasteiger partial charge is 0.410 e. The van der Waals surface area contributed by atoms with Crippen molar-refractivity contribution in [2.45, 2.75) is 103 Å². The highest BCUT2D eigenvalue weighted by molar-refractivity contribution is 6.74. The molecule has 1 aliphatic carbocycles. The Kier molecular flexibility index (Phi) is 10.3. The standard InChI is InChI=1S/C37H48F2N2O7Si/c1-36(2,3)48-35(44)41-18-24(21-47-49(7,8)37(4,5)6)16-26(41)22-45-33-30(39)29(38)17-27-31(33)40(25-14-15-25)19-28(32(27)42)34(43)46-20-23-12-10-9-11-13-23/h9-13,17,19,24-26H,14-16,18,20-22H2,1-8H3/t24-,26-/m0/s1. The van der Waals surface area contributed by atoms with Crippen LogP contribution in [-0.4, -0.2) is 61.2 Å². The van der Waals surface area contributed by atoms with Gasteiger partial charge in [0.2, 0.25) is 11.2 Å². The fraction of sp³-hybridized carbons (Fsp3) is 0.541. The number of benzene rings is 2. The summed E-state index contributed by atoms with van der Waals surface area (Å²) in [5.74, 6) is -3.86. The Morgan fingerprint density at radius 2 is 1.67 bits per heavy atom. The summed E-state index contributed by atoms with van der Waals surface area (Å²) in [6.07, 6.45) is 2.76. The van der Waals surface area contributed by atoms with Crippen molar-refractivity contribution >= 4 is 31.3 Å². The SMILES string of the molecule is CC(C)(C)OC(=O)N1C[C@@H](CO[Si](C)(C)C(C)(C)C)C[C@H]1COc1c(F)c(F)cc2c(=O)c(C(=O)OCc3ccccc3)cn(C3CC3)c12. The Bertz CT molecular complexity index is 1760. The molecule has 0 bridgehead atoms. The maximum atomic E-state index is 15.7. The number of fused-ring (bicyclic) bond motifs is 1. The van der Waals surface area contributed by atoms with Gasteiger partial charge in [0.15, 0.2) is 19.9 Å². The highest BCUT2D eigenvalue weighted by atomic mass is 28.4. The van der Waals surface area contributed by atoms with Gasteiger partial charge in [0.1, 0.15) is 24.4 Å². The molecule has 2 aliphatic rings. The summed E-state index contributed by atoms with van der Waals surface area (Å²) in [6, 6.07) is 9.15. The van der Waals surface area contributed by atoms with Crippen LogP contribution in [0.25, 0.3) is 10.9 Å². The summed E-state index contributed by atoms with van der Waals surface area (Å²) < 4.78 is 56.1. The number of pyridine rings is 1. The van der Waals surface area contributed by atoms with Gasteiger partial charge in [-0.05, 0) is 69.8 Å². The number of hydrogen-bond donors (Lipinski definition) is 0. The molecule has 266 valence electrons. The van der Waals surface area contributed by atoms with E-state index in [0.29, 0.717) is 19.6 Å². The lowest BCUT2D eigenvalue weighted by molar-refractivity contribution is 0.0180. The monoisotopic (exact) mass is 698 g/mol. The van der Waals surface area contributed by atoms with Crippen molar-refractivity contribution in [3.63, 3.8) is 0 Å². The van der Waals surface area contributed by atoms with Crippen LogP contribution in [0.4, 0.5) is 13.6 Å². The molecule has 1 aliphatic heterocycles. The normalized spacial score (nSPS) is 18.5. The van der Waals surface area contributed by atoms with Gasteiger partial charge in [-0.2, -0.15) is 4.39 Å². The van der Waals surface area contributed by atoms with Crippen LogP contribution in [-0.2, 0) is 20.5 Å². The third-order valence-electron chi connectivity index (χ3n) is 9.57. The molecule has 5 rings (SSSR count). The van der Waals surface area contributed by atoms with Gasteiger partial charge in [-0.25, -0.2) is 14.0 Å². The largest absolute Gasteiger partial charge is 0.486 e. The number of carbonyl (C=O) groups excluding carboxylic acids is 2. The number of rotatable bonds is 10. The van der Waals surface area contributed by atoms with E-state index in [1.165, 1.54) is 6.20 Å². The molecule has 2 fully saturated rings. The lowest BCUT2D eigenvalue weighted by Crippen LogP contribution is -2.43. The van der Waals surface area contributed by atoms with Gasteiger partial charge < -0.3 is 28.1 Å². The molecule has 49 heavy (non-hydrogen) atoms. The van der Waals surface area contributed by atoms with Gasteiger partial charge in [0.05, 0.1) is 16.9 Å². The van der Waals surface area contributed by atoms with Gasteiger partial charge in [-0.15, -0.1) is 0 Å². The fourth-order valence-corrected chi connectivity index (χ4v) is 6.79. The van der Waals surface area contributed by atoms with Crippen molar-refractivity contribution in [2.75, 3.05) is 19.8 Å². The minimum atomic E-state index is -2.07. The number of ether oxygens (including phenoxy) is 3. The number of amides is 1. The number of halogens is 2. The van der Waals surface area contributed by atoms with Crippen LogP contribution in [0.1, 0.15) is 82.8 Å². The van der Waals surface area contributed by atoms with Crippen molar-refractivity contribution in [1.29, 1.82) is 0 Å². The van der Waals surface area contributed by atoms with E-state index in [0.717, 1.165) is 24.5 Å². The lowest BCUT2D eigenvalue weighted by atomic mass is 10.1. The Hall–Kier alpha value is -3.77. The number of carbonyl (C=O) groups is 2. The van der Waals surface area contributed by atoms with Crippen LogP contribution in [0.5, 0.6) is 5.75 Å². The van der Waals surface area contributed by atoms with Crippen molar-refractivity contribution in [3.8, 4) is 5.75 Å². The summed E-state index contributed by atoms with van der Waals surface area (Å²) in [5.41, 5.74) is -1.00. The lowest BCUT2D eigenvalue weighted by Gasteiger charge is -2.37. The van der Waals surface area contributed by atoms with Gasteiger partial charge in [0, 0.05) is 31.3 Å². The predicted octanol–water partition coefficient (Wildman–Crippen LogP) is 8.00. The van der Waals surface area contributed by atoms with Crippen LogP contribution >= 0.6 is 0 Å². The molecule has 0 radical (unpaired) electrons. The molecule has 2 aromatic carbocycles. The molecule has 0 N–H and O–H groups in total. The van der Waals surface area contributed by atoms with Crippen LogP contribution < -0.4 is 10.2 Å². The van der Waals surface area contributed by atoms with Crippen molar-refractivity contribution in [3.05, 3.63) is 75.6 Å². The molecule has 2 atom stereocenters. The number of likely N-dealkylation sites (tertiary alicyclic amines) is 1. The summed E-state index contributed by atoms with van der Waals surface area (Å²) in [7, 11) is -2.07. The molecular formula is C37H48F2N2O7Si. The zero-order chi connectivity index (χ0) is 35.9. The molecule has 1 amide bonds. The van der Waals surface area contributed by atoms with E-state index in [1.54, 1.807) is 54.5 Å². The summed E-state index contributed by atoms with van der Waals surface area (Å²) in [4.78, 5) is 41.7. The third-order valence-corrected chi connectivity index (χ3v) is 14.1. The molecule has 2 heterocycles. The number of nitrogens with zero attached hydrogens (tertiary/aromatic N) is 2. The molecule has 1 saturated carbocycles. The summed E-state index contributed by atoms with van der Waals surface area (Å²) in [6.45, 7) is 16.7. The van der Waals surface area contributed by atoms with E-state index in [9.17, 15) is 14.4 Å². The van der Waals surface area contributed by atoms with E-state index in [2.05, 4.69) is 33.9 Å². The van der Waals surface area contributed by atoms with Crippen molar-refractivity contribution < 1.29 is 37.0 Å². The topological polar surface area (TPSA) is 96.3 Å². The average molecular weight is 699 g/mol. The highest BCUT2D eigenvalue weighted by Crippen LogP contribution is 2.41.